The summed E-state index contributed by atoms with van der Waals surface area (Å²) in [5.41, 5.74) is 9.87. The number of phenols is 2. The Hall–Kier alpha value is -4.10. The molecule has 3 unspecified atom stereocenters. The van der Waals surface area contributed by atoms with Crippen molar-refractivity contribution in [1.82, 2.24) is 30.2 Å². The summed E-state index contributed by atoms with van der Waals surface area (Å²) in [6.45, 7) is 0.245. The minimum Gasteiger partial charge on any atom is -0.504 e. The number of hydrogen-bond donors (Lipinski definition) is 13. The molecule has 1 fully saturated rings. The number of nitrogen functional groups attached to an aromatic ring is 1. The van der Waals surface area contributed by atoms with E-state index in [0.717, 1.165) is 34.7 Å². The highest BCUT2D eigenvalue weighted by Crippen LogP contribution is 2.61. The number of nitrogens with one attached hydrogen (secondary N) is 2. The number of phosphoric ester groups is 3. The first-order chi connectivity index (χ1) is 32.1. The summed E-state index contributed by atoms with van der Waals surface area (Å²) in [5, 5.41) is 53.1. The van der Waals surface area contributed by atoms with E-state index in [1.165, 1.54) is 44.2 Å². The van der Waals surface area contributed by atoms with Crippen LogP contribution in [0.3, 0.4) is 0 Å². The molecule has 29 nitrogen and oxygen atoms in total. The van der Waals surface area contributed by atoms with Gasteiger partial charge in [-0.3, -0.25) is 37.3 Å². The first kappa shape index (κ1) is 59.2. The van der Waals surface area contributed by atoms with Gasteiger partial charge >= 0.3 is 29.4 Å². The molecular weight excluding hydrogens is 1030 g/mol. The molecule has 2 amide bonds. The Balaban J connectivity index is 0.00000127. The zero-order valence-electron chi connectivity index (χ0n) is 36.7. The number of aliphatic carboxylic acids is 1. The van der Waals surface area contributed by atoms with Crippen LogP contribution in [0.25, 0.3) is 17.2 Å². The smallest absolute Gasteiger partial charge is 0.481 e. The number of aromatic hydroxyl groups is 2. The molecule has 1 saturated heterocycles. The van der Waals surface area contributed by atoms with Crippen molar-refractivity contribution in [3.8, 4) is 11.5 Å². The van der Waals surface area contributed by atoms with Gasteiger partial charge in [0.1, 0.15) is 42.3 Å². The summed E-state index contributed by atoms with van der Waals surface area (Å²) >= 11 is 2.50. The van der Waals surface area contributed by atoms with E-state index in [0.29, 0.717) is 12.0 Å². The number of carbonyl (C=O) groups is 4. The van der Waals surface area contributed by atoms with Gasteiger partial charge in [-0.1, -0.05) is 37.8 Å². The minimum atomic E-state index is -5.59. The standard InChI is InChI=1S/C30H42N7O19P3S.C5H11NO2S/c1-30(2,25(43)28(44)33-8-7-20(40)32-9-10-60-21(41)6-4-16-3-5-17(38)18(39)11-16)13-53-59(50,51)56-58(48,49)52-12-19-24(55-57(45,46)47)23(42)29(54-19)37-15-36-22-26(31)34-14-35-27(22)37;1-9-3-2-4(6)5(7)8/h3-6,11,14-15,19,23-25,29,38-39,42-43H,7-10,12-13H2,1-2H3,(H,32,40)(H,33,44)(H,48,49)(H,50,51)(H2,31,34,35)(H2,45,46,47);4H,2-3,6H2,1H3,(H,7,8)/t19-,23-,24-,25?,29-;4-/m10/s1. The number of amides is 2. The molecule has 1 aliphatic rings. The average molecular weight is 1080 g/mol. The van der Waals surface area contributed by atoms with Crippen LogP contribution in [0.15, 0.2) is 36.9 Å². The second-order valence-electron chi connectivity index (χ2n) is 15.0. The average Bonchev–Trinajstić information content (AvgIpc) is 3.82. The predicted molar refractivity (Wildman–Crippen MR) is 245 cm³/mol. The maximum Gasteiger partial charge on any atom is 0.481 e. The van der Waals surface area contributed by atoms with Crippen molar-refractivity contribution in [2.24, 2.45) is 11.1 Å². The van der Waals surface area contributed by atoms with Gasteiger partial charge in [0, 0.05) is 30.7 Å². The third kappa shape index (κ3) is 19.6. The predicted octanol–water partition coefficient (Wildman–Crippen LogP) is -0.0593. The highest BCUT2D eigenvalue weighted by Gasteiger charge is 2.50. The largest absolute Gasteiger partial charge is 0.504 e. The number of thioether (sulfide) groups is 2. The fraction of sp³-hybridized carbons (Fsp3) is 0.514. The molecule has 386 valence electrons. The van der Waals surface area contributed by atoms with Gasteiger partial charge in [0.05, 0.1) is 19.5 Å². The molecule has 8 atom stereocenters. The molecule has 2 aromatic heterocycles. The molecule has 0 saturated carbocycles. The number of imidazole rings is 1. The van der Waals surface area contributed by atoms with Crippen molar-refractivity contribution in [3.63, 3.8) is 0 Å². The van der Waals surface area contributed by atoms with Crippen LogP contribution in [0.5, 0.6) is 11.5 Å². The molecule has 0 spiro atoms. The number of carboxylic acid groups (broad SMARTS) is 1. The third-order valence-corrected chi connectivity index (χ3v) is 13.7. The number of rotatable bonds is 25. The van der Waals surface area contributed by atoms with Gasteiger partial charge in [-0.15, -0.1) is 0 Å². The Bertz CT molecular complexity index is 2430. The number of aliphatic hydroxyl groups is 2. The Labute approximate surface area is 400 Å². The van der Waals surface area contributed by atoms with E-state index in [-0.39, 0.29) is 58.9 Å². The lowest BCUT2D eigenvalue weighted by Crippen LogP contribution is -2.46. The normalized spacial score (nSPS) is 20.0. The van der Waals surface area contributed by atoms with Gasteiger partial charge < -0.3 is 71.9 Å². The van der Waals surface area contributed by atoms with Crippen LogP contribution in [-0.2, 0) is 55.5 Å². The fourth-order valence-electron chi connectivity index (χ4n) is 5.51. The lowest BCUT2D eigenvalue weighted by molar-refractivity contribution is -0.138. The third-order valence-electron chi connectivity index (χ3n) is 9.11. The number of nitrogens with zero attached hydrogens (tertiary/aromatic N) is 4. The Morgan fingerprint density at radius 3 is 2.32 bits per heavy atom. The number of aliphatic hydroxyl groups excluding tert-OH is 2. The fourth-order valence-corrected chi connectivity index (χ4v) is 9.39. The number of ether oxygens (including phenoxy) is 1. The van der Waals surface area contributed by atoms with E-state index >= 15 is 0 Å². The van der Waals surface area contributed by atoms with Crippen LogP contribution in [0.2, 0.25) is 0 Å². The van der Waals surface area contributed by atoms with Crippen molar-refractivity contribution < 1.29 is 101 Å². The molecule has 4 rings (SSSR count). The van der Waals surface area contributed by atoms with E-state index in [1.807, 2.05) is 6.26 Å². The van der Waals surface area contributed by atoms with Crippen LogP contribution in [0, 0.1) is 5.41 Å². The van der Waals surface area contributed by atoms with Crippen molar-refractivity contribution in [2.75, 3.05) is 49.8 Å². The zero-order valence-corrected chi connectivity index (χ0v) is 41.0. The van der Waals surface area contributed by atoms with Gasteiger partial charge in [0.25, 0.3) is 0 Å². The molecule has 34 heteroatoms. The highest BCUT2D eigenvalue weighted by atomic mass is 32.2. The zero-order chi connectivity index (χ0) is 51.9. The summed E-state index contributed by atoms with van der Waals surface area (Å²) in [5.74, 6) is -2.11. The van der Waals surface area contributed by atoms with Crippen molar-refractivity contribution in [2.45, 2.75) is 63.4 Å². The maximum atomic E-state index is 12.7. The van der Waals surface area contributed by atoms with Gasteiger partial charge in [-0.25, -0.2) is 28.6 Å². The molecule has 1 aliphatic heterocycles. The van der Waals surface area contributed by atoms with E-state index in [9.17, 15) is 72.9 Å². The van der Waals surface area contributed by atoms with Crippen molar-refractivity contribution >= 4 is 92.9 Å². The number of aromatic nitrogens is 4. The van der Waals surface area contributed by atoms with E-state index in [2.05, 4.69) is 34.4 Å². The summed E-state index contributed by atoms with van der Waals surface area (Å²) in [6, 6.07) is 3.34. The number of carbonyl (C=O) groups excluding carboxylic acids is 3. The number of anilines is 1. The van der Waals surface area contributed by atoms with Crippen LogP contribution in [0.4, 0.5) is 5.82 Å². The van der Waals surface area contributed by atoms with Gasteiger partial charge in [0.15, 0.2) is 29.2 Å². The van der Waals surface area contributed by atoms with E-state index < -0.39 is 96.6 Å². The second-order valence-corrected chi connectivity index (χ2v) is 21.4. The molecule has 15 N–H and O–H groups in total. The lowest BCUT2D eigenvalue weighted by Gasteiger charge is -2.30. The number of benzene rings is 1. The Kier molecular flexibility index (Phi) is 22.6. The van der Waals surface area contributed by atoms with E-state index in [1.54, 1.807) is 11.8 Å². The molecule has 0 radical (unpaired) electrons. The topological polar surface area (TPSA) is 467 Å². The summed E-state index contributed by atoms with van der Waals surface area (Å²) in [7, 11) is -16.5. The van der Waals surface area contributed by atoms with Crippen molar-refractivity contribution in [1.29, 1.82) is 0 Å². The number of phenolic OH excluding ortho intramolecular Hbond substituents is 2. The van der Waals surface area contributed by atoms with Crippen LogP contribution in [-0.4, -0.2) is 162 Å². The number of fused-ring (bicyclic) bond motifs is 1. The Morgan fingerprint density at radius 1 is 1.00 bits per heavy atom. The lowest BCUT2D eigenvalue weighted by atomic mass is 9.87. The summed E-state index contributed by atoms with van der Waals surface area (Å²) < 4.78 is 62.1. The van der Waals surface area contributed by atoms with Crippen molar-refractivity contribution in [3.05, 3.63) is 42.5 Å². The second kappa shape index (κ2) is 26.4. The Morgan fingerprint density at radius 2 is 1.68 bits per heavy atom. The monoisotopic (exact) mass is 1080 g/mol. The maximum absolute atomic E-state index is 12.7. The van der Waals surface area contributed by atoms with Gasteiger partial charge in [-0.05, 0) is 42.2 Å². The number of phosphoric acid groups is 3. The van der Waals surface area contributed by atoms with Crippen LogP contribution >= 0.6 is 47.0 Å². The molecule has 0 bridgehead atoms. The molecule has 69 heavy (non-hydrogen) atoms. The van der Waals surface area contributed by atoms with Gasteiger partial charge in [0.2, 0.25) is 16.9 Å². The number of nitrogens with two attached hydrogens (primary N) is 2. The molecule has 3 aromatic rings. The SMILES string of the molecule is CC(C)(COP(=O)(O)OP(=O)(O)OC[C@H]1O[C@@H](n2cnc3c(N)ncnc32)[C@H](O)[C@@H]1OP(=O)(O)O)C(O)C(=O)NCCC(=O)NCCSC(=O)C=Cc1ccc(O)c(O)c1.CSCC[C@H](N)C(=O)O. The molecule has 1 aromatic carbocycles. The first-order valence-electron chi connectivity index (χ1n) is 19.8. The number of hydrogen-bond acceptors (Lipinski definition) is 23. The van der Waals surface area contributed by atoms with Crippen LogP contribution < -0.4 is 22.1 Å². The van der Waals surface area contributed by atoms with Gasteiger partial charge in [-0.2, -0.15) is 16.1 Å². The summed E-state index contributed by atoms with van der Waals surface area (Å²) in [4.78, 5) is 97.8. The van der Waals surface area contributed by atoms with Crippen LogP contribution in [0.1, 0.15) is 38.5 Å². The van der Waals surface area contributed by atoms with E-state index in [4.69, 9.17) is 30.4 Å². The minimum absolute atomic E-state index is 0.0199. The highest BCUT2D eigenvalue weighted by molar-refractivity contribution is 8.14. The molecular formula is C35H53N8O21P3S2. The number of carboxylic acids is 1. The first-order valence-corrected chi connectivity index (χ1v) is 26.7. The molecule has 0 aliphatic carbocycles. The quantitative estimate of drug-likeness (QED) is 0.0229. The summed E-state index contributed by atoms with van der Waals surface area (Å²) in [6.07, 6.45) is -1.92. The molecule has 3 heterocycles.